The van der Waals surface area contributed by atoms with Gasteiger partial charge in [-0.25, -0.2) is 0 Å². The summed E-state index contributed by atoms with van der Waals surface area (Å²) in [5.74, 6) is 0. The van der Waals surface area contributed by atoms with E-state index in [4.69, 9.17) is 10.5 Å². The minimum atomic E-state index is 0.0721. The van der Waals surface area contributed by atoms with E-state index in [9.17, 15) is 0 Å². The number of rotatable bonds is 3. The molecule has 0 radical (unpaired) electrons. The monoisotopic (exact) mass is 271 g/mol. The normalized spacial score (nSPS) is 23.9. The van der Waals surface area contributed by atoms with Gasteiger partial charge in [0.05, 0.1) is 0 Å². The largest absolute Gasteiger partial charge is 0.381 e. The minimum Gasteiger partial charge on any atom is -0.381 e. The van der Waals surface area contributed by atoms with Crippen molar-refractivity contribution >= 4 is 0 Å². The Morgan fingerprint density at radius 2 is 1.80 bits per heavy atom. The van der Waals surface area contributed by atoms with Gasteiger partial charge < -0.3 is 10.5 Å². The van der Waals surface area contributed by atoms with Crippen LogP contribution in [0.15, 0.2) is 42.0 Å². The highest BCUT2D eigenvalue weighted by atomic mass is 16.5. The zero-order chi connectivity index (χ0) is 13.8. The second-order valence-electron chi connectivity index (χ2n) is 6.14. The number of ether oxygens (including phenoxy) is 1. The van der Waals surface area contributed by atoms with Gasteiger partial charge in [0.25, 0.3) is 0 Å². The zero-order valence-electron chi connectivity index (χ0n) is 12.2. The number of benzene rings is 1. The molecule has 1 fully saturated rings. The summed E-state index contributed by atoms with van der Waals surface area (Å²) in [6, 6.07) is 11.0. The highest BCUT2D eigenvalue weighted by Crippen LogP contribution is 2.41. The van der Waals surface area contributed by atoms with E-state index >= 15 is 0 Å². The summed E-state index contributed by atoms with van der Waals surface area (Å²) >= 11 is 0. The first-order valence-corrected chi connectivity index (χ1v) is 7.91. The lowest BCUT2D eigenvalue weighted by Gasteiger charge is -2.44. The number of hydrogen-bond acceptors (Lipinski definition) is 2. The molecule has 0 aromatic heterocycles. The molecule has 1 heterocycles. The first-order valence-electron chi connectivity index (χ1n) is 7.91. The Bertz CT molecular complexity index is 460. The van der Waals surface area contributed by atoms with E-state index in [1.165, 1.54) is 36.8 Å². The Balaban J connectivity index is 1.95. The maximum absolute atomic E-state index is 6.77. The van der Waals surface area contributed by atoms with Gasteiger partial charge in [-0.1, -0.05) is 42.0 Å². The van der Waals surface area contributed by atoms with Crippen LogP contribution < -0.4 is 5.73 Å². The lowest BCUT2D eigenvalue weighted by atomic mass is 9.66. The molecule has 20 heavy (non-hydrogen) atoms. The molecule has 1 aromatic carbocycles. The van der Waals surface area contributed by atoms with Gasteiger partial charge in [-0.3, -0.25) is 0 Å². The van der Waals surface area contributed by atoms with Crippen molar-refractivity contribution in [2.45, 2.75) is 50.0 Å². The predicted octanol–water partition coefficient (Wildman–Crippen LogP) is 3.56. The van der Waals surface area contributed by atoms with Crippen molar-refractivity contribution in [1.29, 1.82) is 0 Å². The van der Waals surface area contributed by atoms with Gasteiger partial charge in [0.15, 0.2) is 0 Å². The van der Waals surface area contributed by atoms with E-state index in [-0.39, 0.29) is 11.5 Å². The summed E-state index contributed by atoms with van der Waals surface area (Å²) in [5.41, 5.74) is 9.70. The summed E-state index contributed by atoms with van der Waals surface area (Å²) in [7, 11) is 0. The molecule has 2 heteroatoms. The Morgan fingerprint density at radius 3 is 2.45 bits per heavy atom. The van der Waals surface area contributed by atoms with Gasteiger partial charge in [0.2, 0.25) is 0 Å². The smallest absolute Gasteiger partial charge is 0.0475 e. The van der Waals surface area contributed by atoms with Gasteiger partial charge in [0, 0.05) is 24.7 Å². The fourth-order valence-corrected chi connectivity index (χ4v) is 3.79. The highest BCUT2D eigenvalue weighted by Gasteiger charge is 2.41. The molecule has 2 nitrogen and oxygen atoms in total. The summed E-state index contributed by atoms with van der Waals surface area (Å²) in [6.45, 7) is 1.66. The van der Waals surface area contributed by atoms with E-state index in [0.717, 1.165) is 26.1 Å². The second kappa shape index (κ2) is 6.11. The van der Waals surface area contributed by atoms with Gasteiger partial charge in [-0.05, 0) is 44.1 Å². The first kappa shape index (κ1) is 13.8. The van der Waals surface area contributed by atoms with Crippen molar-refractivity contribution in [1.82, 2.24) is 0 Å². The van der Waals surface area contributed by atoms with Crippen LogP contribution in [-0.4, -0.2) is 19.3 Å². The van der Waals surface area contributed by atoms with Crippen molar-refractivity contribution in [2.75, 3.05) is 13.2 Å². The molecule has 1 aromatic rings. The molecule has 0 saturated carbocycles. The van der Waals surface area contributed by atoms with Gasteiger partial charge in [0.1, 0.15) is 0 Å². The molecule has 3 rings (SSSR count). The molecule has 0 amide bonds. The molecule has 1 aliphatic heterocycles. The molecule has 1 atom stereocenters. The second-order valence-corrected chi connectivity index (χ2v) is 6.14. The van der Waals surface area contributed by atoms with Crippen molar-refractivity contribution < 1.29 is 4.74 Å². The Hall–Kier alpha value is -1.12. The third-order valence-corrected chi connectivity index (χ3v) is 5.05. The first-order chi connectivity index (χ1) is 9.83. The lowest BCUT2D eigenvalue weighted by Crippen LogP contribution is -2.50. The third-order valence-electron chi connectivity index (χ3n) is 5.05. The Morgan fingerprint density at radius 1 is 1.05 bits per heavy atom. The average Bonchev–Trinajstić information content (AvgIpc) is 2.56. The van der Waals surface area contributed by atoms with Crippen molar-refractivity contribution in [2.24, 2.45) is 5.73 Å². The molecule has 1 saturated heterocycles. The molecule has 108 valence electrons. The minimum absolute atomic E-state index is 0.0721. The van der Waals surface area contributed by atoms with Crippen molar-refractivity contribution in [3.05, 3.63) is 47.5 Å². The quantitative estimate of drug-likeness (QED) is 0.853. The molecule has 1 aliphatic carbocycles. The molecule has 1 unspecified atom stereocenters. The van der Waals surface area contributed by atoms with Gasteiger partial charge >= 0.3 is 0 Å². The van der Waals surface area contributed by atoms with E-state index in [0.29, 0.717) is 0 Å². The standard InChI is InChI=1S/C18H25NO/c19-17(15-7-3-1-4-8-15)18(11-13-20-14-12-18)16-9-5-2-6-10-16/h2,5-7,9-10,17H,1,3-4,8,11-14,19H2. The van der Waals surface area contributed by atoms with Crippen molar-refractivity contribution in [3.8, 4) is 0 Å². The van der Waals surface area contributed by atoms with Crippen LogP contribution in [0.2, 0.25) is 0 Å². The number of allylic oxidation sites excluding steroid dienone is 1. The third kappa shape index (κ3) is 2.55. The van der Waals surface area contributed by atoms with Crippen LogP contribution in [-0.2, 0) is 10.2 Å². The van der Waals surface area contributed by atoms with E-state index in [2.05, 4.69) is 36.4 Å². The predicted molar refractivity (Wildman–Crippen MR) is 82.7 cm³/mol. The topological polar surface area (TPSA) is 35.2 Å². The fourth-order valence-electron chi connectivity index (χ4n) is 3.79. The summed E-state index contributed by atoms with van der Waals surface area (Å²) in [5, 5.41) is 0. The van der Waals surface area contributed by atoms with Crippen LogP contribution >= 0.6 is 0 Å². The van der Waals surface area contributed by atoms with E-state index < -0.39 is 0 Å². The number of nitrogens with two attached hydrogens (primary N) is 1. The molecular formula is C18H25NO. The van der Waals surface area contributed by atoms with Crippen LogP contribution in [0, 0.1) is 0 Å². The lowest BCUT2D eigenvalue weighted by molar-refractivity contribution is 0.0437. The Labute approximate surface area is 122 Å². The fraction of sp³-hybridized carbons (Fsp3) is 0.556. The molecular weight excluding hydrogens is 246 g/mol. The van der Waals surface area contributed by atoms with Crippen LogP contribution in [0.1, 0.15) is 44.1 Å². The van der Waals surface area contributed by atoms with Crippen LogP contribution in [0.3, 0.4) is 0 Å². The average molecular weight is 271 g/mol. The Kier molecular flexibility index (Phi) is 4.23. The molecule has 2 aliphatic rings. The molecule has 0 bridgehead atoms. The van der Waals surface area contributed by atoms with Crippen LogP contribution in [0.5, 0.6) is 0 Å². The summed E-state index contributed by atoms with van der Waals surface area (Å²) in [4.78, 5) is 0. The highest BCUT2D eigenvalue weighted by molar-refractivity contribution is 5.33. The van der Waals surface area contributed by atoms with Crippen molar-refractivity contribution in [3.63, 3.8) is 0 Å². The maximum atomic E-state index is 6.77. The van der Waals surface area contributed by atoms with Crippen LogP contribution in [0.4, 0.5) is 0 Å². The van der Waals surface area contributed by atoms with Gasteiger partial charge in [-0.2, -0.15) is 0 Å². The SMILES string of the molecule is NC(C1=CCCCC1)C1(c2ccccc2)CCOCC1. The summed E-state index contributed by atoms with van der Waals surface area (Å²) < 4.78 is 5.61. The van der Waals surface area contributed by atoms with Crippen LogP contribution in [0.25, 0.3) is 0 Å². The molecule has 2 N–H and O–H groups in total. The van der Waals surface area contributed by atoms with Gasteiger partial charge in [-0.15, -0.1) is 0 Å². The molecule has 0 spiro atoms. The summed E-state index contributed by atoms with van der Waals surface area (Å²) in [6.07, 6.45) is 9.46. The zero-order valence-corrected chi connectivity index (χ0v) is 12.2. The van der Waals surface area contributed by atoms with E-state index in [1.807, 2.05) is 0 Å². The number of hydrogen-bond donors (Lipinski definition) is 1. The maximum Gasteiger partial charge on any atom is 0.0475 e. The van der Waals surface area contributed by atoms with E-state index in [1.54, 1.807) is 0 Å².